The van der Waals surface area contributed by atoms with Crippen LogP contribution in [0.3, 0.4) is 0 Å². The fraction of sp³-hybridized carbons (Fsp3) is 0.357. The second-order valence-corrected chi connectivity index (χ2v) is 9.50. The molecule has 0 bridgehead atoms. The second-order valence-electron chi connectivity index (χ2n) is 9.50. The molecule has 206 valence electrons. The summed E-state index contributed by atoms with van der Waals surface area (Å²) in [7, 11) is 0. The summed E-state index contributed by atoms with van der Waals surface area (Å²) < 4.78 is 32.5. The lowest BCUT2D eigenvalue weighted by Gasteiger charge is -2.34. The van der Waals surface area contributed by atoms with Crippen LogP contribution in [0.15, 0.2) is 66.7 Å². The molecule has 0 amide bonds. The van der Waals surface area contributed by atoms with E-state index in [1.54, 1.807) is 24.3 Å². The highest BCUT2D eigenvalue weighted by Gasteiger charge is 2.22. The number of benzene rings is 3. The molecule has 0 atom stereocenters. The molecule has 0 N–H and O–H groups in total. The molecule has 0 unspecified atom stereocenters. The Morgan fingerprint density at radius 3 is 1.82 bits per heavy atom. The molecule has 4 rings (SSSR count). The topological polar surface area (TPSA) is 102 Å². The van der Waals surface area contributed by atoms with E-state index in [-0.39, 0.29) is 35.6 Å². The highest BCUT2D eigenvalue weighted by Crippen LogP contribution is 2.31. The van der Waals surface area contributed by atoms with E-state index in [9.17, 15) is 29.0 Å². The Bertz CT molecular complexity index is 1220. The quantitative estimate of drug-likeness (QED) is 0.224. The van der Waals surface area contributed by atoms with Crippen LogP contribution in [-0.4, -0.2) is 65.5 Å². The molecular weight excluding hydrogens is 510 g/mol. The Balaban J connectivity index is 1.23. The molecule has 1 fully saturated rings. The number of ether oxygens (including phenoxy) is 1. The SMILES string of the molecule is O=[N+]([O-])c1ccc(OCCN2CCN(CCCC(c3ccc(F)cc3)c3ccc(F)cc3)CC2)c([N+](=O)[O-])c1. The zero-order chi connectivity index (χ0) is 27.8. The molecule has 1 heterocycles. The van der Waals surface area contributed by atoms with Crippen LogP contribution in [0.5, 0.6) is 5.75 Å². The maximum Gasteiger partial charge on any atom is 0.317 e. The van der Waals surface area contributed by atoms with Crippen molar-refractivity contribution in [2.45, 2.75) is 18.8 Å². The molecule has 39 heavy (non-hydrogen) atoms. The fourth-order valence-corrected chi connectivity index (χ4v) is 4.84. The minimum absolute atomic E-state index is 0.0149. The van der Waals surface area contributed by atoms with Crippen molar-refractivity contribution in [3.63, 3.8) is 0 Å². The molecule has 0 radical (unpaired) electrons. The van der Waals surface area contributed by atoms with Crippen molar-refractivity contribution in [3.8, 4) is 5.75 Å². The van der Waals surface area contributed by atoms with Crippen molar-refractivity contribution in [1.29, 1.82) is 0 Å². The second kappa shape index (κ2) is 13.2. The summed E-state index contributed by atoms with van der Waals surface area (Å²) in [5, 5.41) is 22.2. The summed E-state index contributed by atoms with van der Waals surface area (Å²) in [5.74, 6) is -0.508. The number of hydrogen-bond donors (Lipinski definition) is 0. The molecule has 3 aromatic rings. The van der Waals surface area contributed by atoms with E-state index in [4.69, 9.17) is 4.74 Å². The van der Waals surface area contributed by atoms with Gasteiger partial charge in [0, 0.05) is 44.7 Å². The number of hydrogen-bond acceptors (Lipinski definition) is 7. The van der Waals surface area contributed by atoms with Crippen LogP contribution in [0.1, 0.15) is 29.9 Å². The first-order valence-electron chi connectivity index (χ1n) is 12.8. The van der Waals surface area contributed by atoms with Crippen LogP contribution in [0.4, 0.5) is 20.2 Å². The van der Waals surface area contributed by atoms with Gasteiger partial charge < -0.3 is 9.64 Å². The minimum atomic E-state index is -0.683. The Kier molecular flexibility index (Phi) is 9.50. The van der Waals surface area contributed by atoms with Crippen molar-refractivity contribution in [3.05, 3.63) is 110 Å². The molecule has 11 heteroatoms. The predicted octanol–water partition coefficient (Wildman–Crippen LogP) is 5.39. The van der Waals surface area contributed by atoms with Gasteiger partial charge in [-0.25, -0.2) is 8.78 Å². The van der Waals surface area contributed by atoms with Crippen LogP contribution in [0, 0.1) is 31.9 Å². The lowest BCUT2D eigenvalue weighted by Crippen LogP contribution is -2.47. The van der Waals surface area contributed by atoms with Crippen LogP contribution in [0.25, 0.3) is 0 Å². The number of non-ortho nitro benzene ring substituents is 1. The summed E-state index contributed by atoms with van der Waals surface area (Å²) in [4.78, 5) is 25.4. The van der Waals surface area contributed by atoms with Gasteiger partial charge in [-0.2, -0.15) is 0 Å². The van der Waals surface area contributed by atoms with Gasteiger partial charge in [0.05, 0.1) is 15.9 Å². The summed E-state index contributed by atoms with van der Waals surface area (Å²) >= 11 is 0. The smallest absolute Gasteiger partial charge is 0.317 e. The van der Waals surface area contributed by atoms with E-state index < -0.39 is 15.5 Å². The fourth-order valence-electron chi connectivity index (χ4n) is 4.84. The van der Waals surface area contributed by atoms with Crippen LogP contribution in [0.2, 0.25) is 0 Å². The highest BCUT2D eigenvalue weighted by atomic mass is 19.1. The van der Waals surface area contributed by atoms with E-state index in [1.165, 1.54) is 36.4 Å². The standard InChI is InChI=1S/C28H30F2N4O5/c29-23-7-3-21(4-8-23)26(22-5-9-24(30)10-6-22)2-1-13-31-14-16-32(17-15-31)18-19-39-28-12-11-25(33(35)36)20-27(28)34(37)38/h3-12,20,26H,1-2,13-19H2. The number of nitro benzene ring substituents is 2. The van der Waals surface area contributed by atoms with Crippen molar-refractivity contribution in [1.82, 2.24) is 9.80 Å². The van der Waals surface area contributed by atoms with E-state index >= 15 is 0 Å². The van der Waals surface area contributed by atoms with Gasteiger partial charge in [0.1, 0.15) is 18.2 Å². The third-order valence-electron chi connectivity index (χ3n) is 6.99. The highest BCUT2D eigenvalue weighted by molar-refractivity contribution is 5.53. The van der Waals surface area contributed by atoms with E-state index in [0.717, 1.165) is 62.8 Å². The Labute approximate surface area is 224 Å². The first-order chi connectivity index (χ1) is 18.8. The van der Waals surface area contributed by atoms with Crippen LogP contribution < -0.4 is 4.74 Å². The number of halogens is 2. The molecule has 0 aromatic heterocycles. The van der Waals surface area contributed by atoms with Gasteiger partial charge in [-0.1, -0.05) is 24.3 Å². The van der Waals surface area contributed by atoms with Gasteiger partial charge >= 0.3 is 5.69 Å². The average Bonchev–Trinajstić information content (AvgIpc) is 2.93. The van der Waals surface area contributed by atoms with Gasteiger partial charge in [0.15, 0.2) is 5.75 Å². The molecule has 3 aromatic carbocycles. The normalized spacial score (nSPS) is 14.4. The first kappa shape index (κ1) is 28.1. The number of nitrogens with zero attached hydrogens (tertiary/aromatic N) is 4. The summed E-state index contributed by atoms with van der Waals surface area (Å²) in [5.41, 5.74) is 1.22. The number of nitro groups is 2. The van der Waals surface area contributed by atoms with Crippen molar-refractivity contribution >= 4 is 11.4 Å². The molecule has 0 aliphatic carbocycles. The molecule has 0 spiro atoms. The largest absolute Gasteiger partial charge is 0.485 e. The molecule has 9 nitrogen and oxygen atoms in total. The van der Waals surface area contributed by atoms with Crippen LogP contribution >= 0.6 is 0 Å². The van der Waals surface area contributed by atoms with Crippen molar-refractivity contribution < 1.29 is 23.4 Å². The van der Waals surface area contributed by atoms with Gasteiger partial charge in [-0.05, 0) is 60.8 Å². The zero-order valence-corrected chi connectivity index (χ0v) is 21.4. The van der Waals surface area contributed by atoms with Gasteiger partial charge in [-0.3, -0.25) is 25.1 Å². The first-order valence-corrected chi connectivity index (χ1v) is 12.8. The van der Waals surface area contributed by atoms with E-state index in [0.29, 0.717) is 6.54 Å². The Hall–Kier alpha value is -3.96. The van der Waals surface area contributed by atoms with Crippen molar-refractivity contribution in [2.24, 2.45) is 0 Å². The Morgan fingerprint density at radius 1 is 0.769 bits per heavy atom. The summed E-state index contributed by atoms with van der Waals surface area (Å²) in [6, 6.07) is 16.3. The van der Waals surface area contributed by atoms with Gasteiger partial charge in [-0.15, -0.1) is 0 Å². The summed E-state index contributed by atoms with van der Waals surface area (Å²) in [6.45, 7) is 5.11. The molecule has 1 saturated heterocycles. The van der Waals surface area contributed by atoms with Gasteiger partial charge in [0.25, 0.3) is 5.69 Å². The molecule has 1 aliphatic rings. The van der Waals surface area contributed by atoms with Crippen LogP contribution in [-0.2, 0) is 0 Å². The maximum atomic E-state index is 13.5. The Morgan fingerprint density at radius 2 is 1.31 bits per heavy atom. The average molecular weight is 541 g/mol. The molecule has 1 aliphatic heterocycles. The number of piperazine rings is 1. The lowest BCUT2D eigenvalue weighted by atomic mass is 9.87. The monoisotopic (exact) mass is 540 g/mol. The number of rotatable bonds is 12. The lowest BCUT2D eigenvalue weighted by molar-refractivity contribution is -0.394. The molecular formula is C28H30F2N4O5. The van der Waals surface area contributed by atoms with Crippen molar-refractivity contribution in [2.75, 3.05) is 45.9 Å². The third-order valence-corrected chi connectivity index (χ3v) is 6.99. The molecule has 0 saturated carbocycles. The van der Waals surface area contributed by atoms with Gasteiger partial charge in [0.2, 0.25) is 0 Å². The van der Waals surface area contributed by atoms with E-state index in [2.05, 4.69) is 9.80 Å². The van der Waals surface area contributed by atoms with E-state index in [1.807, 2.05) is 0 Å². The minimum Gasteiger partial charge on any atom is -0.485 e. The third kappa shape index (κ3) is 7.78. The summed E-state index contributed by atoms with van der Waals surface area (Å²) in [6.07, 6.45) is 1.77. The predicted molar refractivity (Wildman–Crippen MR) is 142 cm³/mol. The maximum absolute atomic E-state index is 13.5. The zero-order valence-electron chi connectivity index (χ0n) is 21.4.